The average molecular weight is 397 g/mol. The summed E-state index contributed by atoms with van der Waals surface area (Å²) in [6.07, 6.45) is 0.938. The van der Waals surface area contributed by atoms with Gasteiger partial charge in [-0.2, -0.15) is 0 Å². The molecule has 3 rings (SSSR count). The summed E-state index contributed by atoms with van der Waals surface area (Å²) in [6, 6.07) is 16.0. The lowest BCUT2D eigenvalue weighted by atomic mass is 10.0. The standard InChI is InChI=1S/C23H21F2NO3/c24-18-10-11-19(20(25)13-18)21(14-23(28)29)26-22(27)7-3-4-15-8-9-16-5-1-2-6-17(16)12-15/h1-2,5-6,8-13,21H,3-4,7,14H2,(H,26,27)(H,28,29)/t21-/m0/s1. The van der Waals surface area contributed by atoms with Crippen molar-refractivity contribution >= 4 is 22.6 Å². The second kappa shape index (κ2) is 9.28. The van der Waals surface area contributed by atoms with Crippen molar-refractivity contribution in [2.45, 2.75) is 31.7 Å². The third-order valence-corrected chi connectivity index (χ3v) is 4.74. The maximum absolute atomic E-state index is 14.0. The number of aliphatic carboxylic acids is 1. The summed E-state index contributed by atoms with van der Waals surface area (Å²) in [4.78, 5) is 23.4. The molecule has 0 unspecified atom stereocenters. The molecular weight excluding hydrogens is 376 g/mol. The first-order chi connectivity index (χ1) is 13.9. The van der Waals surface area contributed by atoms with Gasteiger partial charge in [-0.05, 0) is 35.2 Å². The van der Waals surface area contributed by atoms with Crippen LogP contribution in [0.4, 0.5) is 8.78 Å². The first-order valence-corrected chi connectivity index (χ1v) is 9.36. The van der Waals surface area contributed by atoms with Crippen LogP contribution in [0.25, 0.3) is 10.8 Å². The Bertz CT molecular complexity index is 1040. The predicted molar refractivity (Wildman–Crippen MR) is 106 cm³/mol. The molecule has 0 radical (unpaired) electrons. The maximum atomic E-state index is 14.0. The molecule has 0 fully saturated rings. The van der Waals surface area contributed by atoms with Crippen LogP contribution in [0.15, 0.2) is 60.7 Å². The molecule has 0 aliphatic heterocycles. The van der Waals surface area contributed by atoms with E-state index in [4.69, 9.17) is 5.11 Å². The quantitative estimate of drug-likeness (QED) is 0.575. The zero-order valence-corrected chi connectivity index (χ0v) is 15.7. The zero-order valence-electron chi connectivity index (χ0n) is 15.7. The van der Waals surface area contributed by atoms with E-state index in [9.17, 15) is 18.4 Å². The van der Waals surface area contributed by atoms with Crippen LogP contribution in [0.3, 0.4) is 0 Å². The largest absolute Gasteiger partial charge is 0.481 e. The molecule has 0 bridgehead atoms. The van der Waals surface area contributed by atoms with Crippen LogP contribution < -0.4 is 5.32 Å². The van der Waals surface area contributed by atoms with Crippen molar-refractivity contribution in [2.24, 2.45) is 0 Å². The molecule has 150 valence electrons. The second-order valence-electron chi connectivity index (χ2n) is 6.92. The van der Waals surface area contributed by atoms with Gasteiger partial charge in [-0.25, -0.2) is 8.78 Å². The minimum Gasteiger partial charge on any atom is -0.481 e. The molecule has 3 aromatic carbocycles. The van der Waals surface area contributed by atoms with Gasteiger partial charge in [0.1, 0.15) is 11.6 Å². The zero-order chi connectivity index (χ0) is 20.8. The van der Waals surface area contributed by atoms with Crippen molar-refractivity contribution in [2.75, 3.05) is 0 Å². The molecule has 1 amide bonds. The molecule has 0 aromatic heterocycles. The fourth-order valence-electron chi connectivity index (χ4n) is 3.31. The molecule has 0 aliphatic carbocycles. The lowest BCUT2D eigenvalue weighted by Gasteiger charge is -2.18. The summed E-state index contributed by atoms with van der Waals surface area (Å²) < 4.78 is 27.1. The molecule has 2 N–H and O–H groups in total. The minimum atomic E-state index is -1.19. The van der Waals surface area contributed by atoms with Gasteiger partial charge in [0.2, 0.25) is 5.91 Å². The maximum Gasteiger partial charge on any atom is 0.305 e. The molecule has 0 heterocycles. The van der Waals surface area contributed by atoms with Gasteiger partial charge in [0.25, 0.3) is 0 Å². The number of amides is 1. The van der Waals surface area contributed by atoms with Crippen LogP contribution in [0.5, 0.6) is 0 Å². The molecule has 29 heavy (non-hydrogen) atoms. The Morgan fingerprint density at radius 3 is 2.45 bits per heavy atom. The molecular formula is C23H21F2NO3. The number of benzene rings is 3. The van der Waals surface area contributed by atoms with E-state index in [-0.39, 0.29) is 17.9 Å². The van der Waals surface area contributed by atoms with Crippen molar-refractivity contribution in [3.05, 3.63) is 83.4 Å². The number of carbonyl (C=O) groups excluding carboxylic acids is 1. The van der Waals surface area contributed by atoms with Crippen LogP contribution in [-0.4, -0.2) is 17.0 Å². The van der Waals surface area contributed by atoms with Gasteiger partial charge >= 0.3 is 5.97 Å². The number of carbonyl (C=O) groups is 2. The summed E-state index contributed by atoms with van der Waals surface area (Å²) in [5.74, 6) is -3.20. The Hall–Kier alpha value is -3.28. The lowest BCUT2D eigenvalue weighted by Crippen LogP contribution is -2.30. The van der Waals surface area contributed by atoms with Crippen LogP contribution in [0, 0.1) is 11.6 Å². The number of carboxylic acids is 1. The molecule has 4 nitrogen and oxygen atoms in total. The Balaban J connectivity index is 1.59. The highest BCUT2D eigenvalue weighted by molar-refractivity contribution is 5.83. The molecule has 3 aromatic rings. The van der Waals surface area contributed by atoms with Crippen LogP contribution in [-0.2, 0) is 16.0 Å². The minimum absolute atomic E-state index is 0.0447. The highest BCUT2D eigenvalue weighted by atomic mass is 19.1. The van der Waals surface area contributed by atoms with E-state index in [0.29, 0.717) is 18.9 Å². The number of halogens is 2. The van der Waals surface area contributed by atoms with Crippen molar-refractivity contribution in [1.29, 1.82) is 0 Å². The monoisotopic (exact) mass is 397 g/mol. The highest BCUT2D eigenvalue weighted by Crippen LogP contribution is 2.22. The summed E-state index contributed by atoms with van der Waals surface area (Å²) >= 11 is 0. The average Bonchev–Trinajstić information content (AvgIpc) is 2.67. The third-order valence-electron chi connectivity index (χ3n) is 4.74. The van der Waals surface area contributed by atoms with E-state index in [1.165, 1.54) is 0 Å². The summed E-state index contributed by atoms with van der Waals surface area (Å²) in [5.41, 5.74) is 1.06. The van der Waals surface area contributed by atoms with E-state index >= 15 is 0 Å². The van der Waals surface area contributed by atoms with Gasteiger partial charge in [-0.15, -0.1) is 0 Å². The Morgan fingerprint density at radius 2 is 1.72 bits per heavy atom. The topological polar surface area (TPSA) is 66.4 Å². The number of hydrogen-bond acceptors (Lipinski definition) is 2. The summed E-state index contributed by atoms with van der Waals surface area (Å²) in [6.45, 7) is 0. The van der Waals surface area contributed by atoms with Crippen LogP contribution in [0.1, 0.15) is 36.4 Å². The third kappa shape index (κ3) is 5.60. The van der Waals surface area contributed by atoms with Gasteiger partial charge in [0.05, 0.1) is 12.5 Å². The van der Waals surface area contributed by atoms with Gasteiger partial charge < -0.3 is 10.4 Å². The molecule has 0 saturated carbocycles. The Labute approximate surface area is 167 Å². The number of fused-ring (bicyclic) bond motifs is 1. The van der Waals surface area contributed by atoms with Crippen molar-refractivity contribution < 1.29 is 23.5 Å². The first kappa shape index (κ1) is 20.5. The molecule has 0 spiro atoms. The molecule has 0 saturated heterocycles. The SMILES string of the molecule is O=C(O)C[C@H](NC(=O)CCCc1ccc2ccccc2c1)c1ccc(F)cc1F. The summed E-state index contributed by atoms with van der Waals surface area (Å²) in [7, 11) is 0. The molecule has 1 atom stereocenters. The van der Waals surface area contributed by atoms with Gasteiger partial charge in [-0.3, -0.25) is 9.59 Å². The van der Waals surface area contributed by atoms with Crippen molar-refractivity contribution in [3.8, 4) is 0 Å². The number of carboxylic acid groups (broad SMARTS) is 1. The van der Waals surface area contributed by atoms with Crippen LogP contribution >= 0.6 is 0 Å². The number of aryl methyl sites for hydroxylation is 1. The van der Waals surface area contributed by atoms with E-state index in [2.05, 4.69) is 11.4 Å². The van der Waals surface area contributed by atoms with Crippen molar-refractivity contribution in [1.82, 2.24) is 5.32 Å². The normalized spacial score (nSPS) is 11.9. The first-order valence-electron chi connectivity index (χ1n) is 9.36. The van der Waals surface area contributed by atoms with Crippen molar-refractivity contribution in [3.63, 3.8) is 0 Å². The second-order valence-corrected chi connectivity index (χ2v) is 6.92. The van der Waals surface area contributed by atoms with Gasteiger partial charge in [-0.1, -0.05) is 48.5 Å². The van der Waals surface area contributed by atoms with Gasteiger partial charge in [0.15, 0.2) is 0 Å². The Morgan fingerprint density at radius 1 is 0.966 bits per heavy atom. The van der Waals surface area contributed by atoms with Crippen LogP contribution in [0.2, 0.25) is 0 Å². The summed E-state index contributed by atoms with van der Waals surface area (Å²) in [5, 5.41) is 13.9. The number of nitrogens with one attached hydrogen (secondary N) is 1. The van der Waals surface area contributed by atoms with E-state index < -0.39 is 30.1 Å². The Kier molecular flexibility index (Phi) is 6.54. The predicted octanol–water partition coefficient (Wildman–Crippen LogP) is 4.77. The fourth-order valence-corrected chi connectivity index (χ4v) is 3.31. The number of hydrogen-bond donors (Lipinski definition) is 2. The van der Waals surface area contributed by atoms with Gasteiger partial charge in [0, 0.05) is 18.1 Å². The smallest absolute Gasteiger partial charge is 0.305 e. The van der Waals surface area contributed by atoms with E-state index in [0.717, 1.165) is 28.5 Å². The van der Waals surface area contributed by atoms with E-state index in [1.54, 1.807) is 0 Å². The highest BCUT2D eigenvalue weighted by Gasteiger charge is 2.21. The number of rotatable bonds is 8. The van der Waals surface area contributed by atoms with E-state index in [1.807, 2.05) is 36.4 Å². The molecule has 0 aliphatic rings. The fraction of sp³-hybridized carbons (Fsp3) is 0.217. The molecule has 6 heteroatoms. The lowest BCUT2D eigenvalue weighted by molar-refractivity contribution is -0.137.